The maximum Gasteiger partial charge on any atom is 0.233 e. The lowest BCUT2D eigenvalue weighted by Crippen LogP contribution is -2.22. The molecule has 0 unspecified atom stereocenters. The average molecular weight is 356 g/mol. The van der Waals surface area contributed by atoms with E-state index in [-0.39, 0.29) is 0 Å². The van der Waals surface area contributed by atoms with E-state index in [1.54, 1.807) is 24.3 Å². The van der Waals surface area contributed by atoms with Gasteiger partial charge in [0.15, 0.2) is 0 Å². The lowest BCUT2D eigenvalue weighted by molar-refractivity contribution is 0.593. The number of anilines is 1. The van der Waals surface area contributed by atoms with Crippen LogP contribution < -0.4 is 4.72 Å². The predicted molar refractivity (Wildman–Crippen MR) is 76.2 cm³/mol. The molecule has 1 aromatic rings. The Kier molecular flexibility index (Phi) is 5.18. The number of rotatable bonds is 6. The molecule has 1 rings (SSSR count). The second-order valence-corrected chi connectivity index (χ2v) is 8.50. The highest BCUT2D eigenvalue weighted by Crippen LogP contribution is 2.19. The van der Waals surface area contributed by atoms with E-state index >= 15 is 0 Å². The van der Waals surface area contributed by atoms with Gasteiger partial charge in [0.05, 0.1) is 17.2 Å². The summed E-state index contributed by atoms with van der Waals surface area (Å²) >= 11 is 3.26. The molecule has 0 fully saturated rings. The second-order valence-electron chi connectivity index (χ2n) is 3.84. The number of alkyl halides is 1. The fraction of sp³-hybridized carbons (Fsp3) is 0.400. The summed E-state index contributed by atoms with van der Waals surface area (Å²) in [6.07, 6.45) is 1.01. The predicted octanol–water partition coefficient (Wildman–Crippen LogP) is 1.37. The summed E-state index contributed by atoms with van der Waals surface area (Å²) in [7, 11) is -6.94. The van der Waals surface area contributed by atoms with Crippen molar-refractivity contribution in [3.8, 4) is 0 Å². The van der Waals surface area contributed by atoms with Gasteiger partial charge >= 0.3 is 0 Å². The van der Waals surface area contributed by atoms with Crippen molar-refractivity contribution in [2.75, 3.05) is 22.5 Å². The van der Waals surface area contributed by atoms with Gasteiger partial charge in [-0.1, -0.05) is 34.1 Å². The SMILES string of the molecule is CS(=O)(=O)CCS(=O)(=O)Nc1ccccc1CBr. The Morgan fingerprint density at radius 2 is 1.72 bits per heavy atom. The highest BCUT2D eigenvalue weighted by Gasteiger charge is 2.15. The molecule has 1 N–H and O–H groups in total. The van der Waals surface area contributed by atoms with Crippen molar-refractivity contribution < 1.29 is 16.8 Å². The van der Waals surface area contributed by atoms with Crippen LogP contribution in [0.25, 0.3) is 0 Å². The molecule has 0 atom stereocenters. The zero-order valence-corrected chi connectivity index (χ0v) is 13.0. The first-order chi connectivity index (χ1) is 8.23. The minimum atomic E-state index is -3.65. The van der Waals surface area contributed by atoms with Crippen molar-refractivity contribution in [1.82, 2.24) is 0 Å². The smallest absolute Gasteiger partial charge is 0.233 e. The highest BCUT2D eigenvalue weighted by atomic mass is 79.9. The molecule has 0 amide bonds. The van der Waals surface area contributed by atoms with Crippen molar-refractivity contribution in [2.24, 2.45) is 0 Å². The molecule has 0 aliphatic heterocycles. The first-order valence-corrected chi connectivity index (χ1v) is 9.89. The first-order valence-electron chi connectivity index (χ1n) is 5.05. The van der Waals surface area contributed by atoms with Crippen molar-refractivity contribution >= 4 is 41.5 Å². The summed E-state index contributed by atoms with van der Waals surface area (Å²) in [5, 5.41) is 0.512. The summed E-state index contributed by atoms with van der Waals surface area (Å²) in [5.41, 5.74) is 1.25. The van der Waals surface area contributed by atoms with Crippen molar-refractivity contribution in [3.63, 3.8) is 0 Å². The van der Waals surface area contributed by atoms with Gasteiger partial charge in [-0.25, -0.2) is 16.8 Å². The minimum Gasteiger partial charge on any atom is -0.283 e. The number of benzene rings is 1. The summed E-state index contributed by atoms with van der Waals surface area (Å²) in [5.74, 6) is -0.832. The molecule has 0 bridgehead atoms. The van der Waals surface area contributed by atoms with Crippen LogP contribution in [0.2, 0.25) is 0 Å². The summed E-state index contributed by atoms with van der Waals surface area (Å²) in [4.78, 5) is 0. The number of hydrogen-bond donors (Lipinski definition) is 1. The largest absolute Gasteiger partial charge is 0.283 e. The zero-order valence-electron chi connectivity index (χ0n) is 9.76. The first kappa shape index (κ1) is 15.5. The van der Waals surface area contributed by atoms with E-state index < -0.39 is 31.4 Å². The Morgan fingerprint density at radius 3 is 2.28 bits per heavy atom. The Hall–Kier alpha value is -0.600. The monoisotopic (exact) mass is 355 g/mol. The average Bonchev–Trinajstić information content (AvgIpc) is 2.26. The van der Waals surface area contributed by atoms with Gasteiger partial charge in [-0.05, 0) is 11.6 Å². The van der Waals surface area contributed by atoms with Crippen LogP contribution in [0.3, 0.4) is 0 Å². The number of nitrogens with one attached hydrogen (secondary N) is 1. The fourth-order valence-corrected chi connectivity index (χ4v) is 4.43. The van der Waals surface area contributed by atoms with Crippen LogP contribution in [-0.2, 0) is 25.2 Å². The van der Waals surface area contributed by atoms with Crippen LogP contribution in [0.1, 0.15) is 5.56 Å². The van der Waals surface area contributed by atoms with Gasteiger partial charge in [0, 0.05) is 11.6 Å². The van der Waals surface area contributed by atoms with E-state index in [1.165, 1.54) is 0 Å². The van der Waals surface area contributed by atoms with Gasteiger partial charge in [-0.2, -0.15) is 0 Å². The Labute approximate surface area is 116 Å². The number of sulfonamides is 1. The Bertz CT molecular complexity index is 611. The van der Waals surface area contributed by atoms with Crippen LogP contribution >= 0.6 is 15.9 Å². The van der Waals surface area contributed by atoms with Crippen LogP contribution in [0.4, 0.5) is 5.69 Å². The van der Waals surface area contributed by atoms with E-state index in [9.17, 15) is 16.8 Å². The number of sulfone groups is 1. The highest BCUT2D eigenvalue weighted by molar-refractivity contribution is 9.08. The second kappa shape index (κ2) is 6.03. The van der Waals surface area contributed by atoms with Crippen LogP contribution in [-0.4, -0.2) is 34.6 Å². The number of hydrogen-bond acceptors (Lipinski definition) is 4. The standard InChI is InChI=1S/C10H14BrNO4S2/c1-17(13,14)6-7-18(15,16)12-10-5-3-2-4-9(10)8-11/h2-5,12H,6-8H2,1H3. The summed E-state index contributed by atoms with van der Waals surface area (Å²) < 4.78 is 47.7. The molecule has 5 nitrogen and oxygen atoms in total. The minimum absolute atomic E-state index is 0.390. The molecule has 102 valence electrons. The molecule has 0 spiro atoms. The van der Waals surface area contributed by atoms with Gasteiger partial charge < -0.3 is 0 Å². The van der Waals surface area contributed by atoms with E-state index in [1.807, 2.05) is 0 Å². The van der Waals surface area contributed by atoms with Gasteiger partial charge in [-0.15, -0.1) is 0 Å². The molecule has 0 heterocycles. The van der Waals surface area contributed by atoms with Gasteiger partial charge in [0.25, 0.3) is 0 Å². The van der Waals surface area contributed by atoms with Crippen LogP contribution in [0.5, 0.6) is 0 Å². The summed E-state index contributed by atoms with van der Waals surface area (Å²) in [6, 6.07) is 6.92. The molecule has 8 heteroatoms. The molecular formula is C10H14BrNO4S2. The van der Waals surface area contributed by atoms with Gasteiger partial charge in [-0.3, -0.25) is 4.72 Å². The van der Waals surface area contributed by atoms with Crippen molar-refractivity contribution in [1.29, 1.82) is 0 Å². The van der Waals surface area contributed by atoms with Gasteiger partial charge in [0.1, 0.15) is 9.84 Å². The third-order valence-electron chi connectivity index (χ3n) is 2.15. The molecule has 0 saturated carbocycles. The maximum atomic E-state index is 11.7. The quantitative estimate of drug-likeness (QED) is 0.781. The number of para-hydroxylation sites is 1. The molecule has 0 aliphatic carbocycles. The van der Waals surface area contributed by atoms with Gasteiger partial charge in [0.2, 0.25) is 10.0 Å². The molecule has 18 heavy (non-hydrogen) atoms. The third kappa shape index (κ3) is 5.36. The number of halogens is 1. The normalized spacial score (nSPS) is 12.3. The van der Waals surface area contributed by atoms with E-state index in [4.69, 9.17) is 0 Å². The van der Waals surface area contributed by atoms with Crippen LogP contribution in [0, 0.1) is 0 Å². The summed E-state index contributed by atoms with van der Waals surface area (Å²) in [6.45, 7) is 0. The zero-order chi connectivity index (χ0) is 13.8. The molecule has 0 aromatic heterocycles. The van der Waals surface area contributed by atoms with E-state index in [2.05, 4.69) is 20.7 Å². The van der Waals surface area contributed by atoms with Crippen molar-refractivity contribution in [2.45, 2.75) is 5.33 Å². The van der Waals surface area contributed by atoms with E-state index in [0.717, 1.165) is 11.8 Å². The lowest BCUT2D eigenvalue weighted by atomic mass is 10.2. The Balaban J connectivity index is 2.83. The lowest BCUT2D eigenvalue weighted by Gasteiger charge is -2.10. The van der Waals surface area contributed by atoms with Crippen molar-refractivity contribution in [3.05, 3.63) is 29.8 Å². The molecule has 0 aliphatic rings. The van der Waals surface area contributed by atoms with E-state index in [0.29, 0.717) is 11.0 Å². The molecule has 0 saturated heterocycles. The molecule has 0 radical (unpaired) electrons. The Morgan fingerprint density at radius 1 is 1.11 bits per heavy atom. The molecule has 1 aromatic carbocycles. The third-order valence-corrected chi connectivity index (χ3v) is 5.23. The van der Waals surface area contributed by atoms with Crippen LogP contribution in [0.15, 0.2) is 24.3 Å². The topological polar surface area (TPSA) is 80.3 Å². The fourth-order valence-electron chi connectivity index (χ4n) is 1.22. The molecular weight excluding hydrogens is 342 g/mol. The maximum absolute atomic E-state index is 11.7.